The number of primary amides is 1. The summed E-state index contributed by atoms with van der Waals surface area (Å²) < 4.78 is 27.0. The van der Waals surface area contributed by atoms with E-state index in [1.165, 1.54) is 43.1 Å². The van der Waals surface area contributed by atoms with Gasteiger partial charge in [0, 0.05) is 26.8 Å². The van der Waals surface area contributed by atoms with Crippen molar-refractivity contribution in [2.45, 2.75) is 11.4 Å². The van der Waals surface area contributed by atoms with Crippen molar-refractivity contribution < 1.29 is 13.2 Å². The largest absolute Gasteiger partial charge is 0.365 e. The summed E-state index contributed by atoms with van der Waals surface area (Å²) in [4.78, 5) is 11.5. The minimum atomic E-state index is -3.55. The zero-order chi connectivity index (χ0) is 18.1. The SMILES string of the molecule is CN(C)S(=O)(=O)c1cccc(Cn2cc(Cl)cc(C(N)=O)c2=N)c1. The van der Waals surface area contributed by atoms with Crippen LogP contribution in [0.25, 0.3) is 0 Å². The third-order valence-electron chi connectivity index (χ3n) is 3.40. The summed E-state index contributed by atoms with van der Waals surface area (Å²) in [5.74, 6) is -0.750. The molecule has 24 heavy (non-hydrogen) atoms. The molecule has 1 amide bonds. The first kappa shape index (κ1) is 18.2. The van der Waals surface area contributed by atoms with Crippen molar-refractivity contribution in [3.63, 3.8) is 0 Å². The zero-order valence-corrected chi connectivity index (χ0v) is 14.7. The van der Waals surface area contributed by atoms with E-state index in [9.17, 15) is 13.2 Å². The Morgan fingerprint density at radius 2 is 2.00 bits per heavy atom. The van der Waals surface area contributed by atoms with E-state index in [0.29, 0.717) is 5.56 Å². The van der Waals surface area contributed by atoms with Crippen LogP contribution in [-0.2, 0) is 16.6 Å². The lowest BCUT2D eigenvalue weighted by Gasteiger charge is -2.14. The molecule has 2 aromatic rings. The predicted molar refractivity (Wildman–Crippen MR) is 90.2 cm³/mol. The maximum absolute atomic E-state index is 12.2. The van der Waals surface area contributed by atoms with E-state index < -0.39 is 15.9 Å². The first-order valence-corrected chi connectivity index (χ1v) is 8.70. The number of pyridine rings is 1. The molecule has 0 aliphatic rings. The van der Waals surface area contributed by atoms with E-state index in [0.717, 1.165) is 4.31 Å². The highest BCUT2D eigenvalue weighted by Gasteiger charge is 2.17. The normalized spacial score (nSPS) is 11.7. The molecule has 1 aromatic carbocycles. The van der Waals surface area contributed by atoms with Gasteiger partial charge < -0.3 is 10.3 Å². The number of halogens is 1. The molecule has 0 saturated heterocycles. The van der Waals surface area contributed by atoms with Gasteiger partial charge in [-0.25, -0.2) is 12.7 Å². The Hall–Kier alpha value is -2.16. The summed E-state index contributed by atoms with van der Waals surface area (Å²) in [7, 11) is -0.648. The Kier molecular flexibility index (Phi) is 5.12. The Bertz CT molecular complexity index is 951. The van der Waals surface area contributed by atoms with Gasteiger partial charge in [0.15, 0.2) is 0 Å². The van der Waals surface area contributed by atoms with E-state index in [4.69, 9.17) is 22.7 Å². The van der Waals surface area contributed by atoms with E-state index >= 15 is 0 Å². The van der Waals surface area contributed by atoms with Crippen molar-refractivity contribution in [2.24, 2.45) is 5.73 Å². The number of benzene rings is 1. The van der Waals surface area contributed by atoms with Crippen LogP contribution in [0.4, 0.5) is 0 Å². The first-order valence-electron chi connectivity index (χ1n) is 6.89. The molecule has 0 saturated carbocycles. The molecule has 0 unspecified atom stereocenters. The fraction of sp³-hybridized carbons (Fsp3) is 0.200. The number of nitrogens with two attached hydrogens (primary N) is 1. The molecule has 9 heteroatoms. The van der Waals surface area contributed by atoms with Crippen molar-refractivity contribution in [3.8, 4) is 0 Å². The van der Waals surface area contributed by atoms with E-state index in [1.807, 2.05) is 0 Å². The van der Waals surface area contributed by atoms with Crippen LogP contribution in [0.1, 0.15) is 15.9 Å². The quantitative estimate of drug-likeness (QED) is 0.822. The topological polar surface area (TPSA) is 109 Å². The van der Waals surface area contributed by atoms with Gasteiger partial charge in [-0.05, 0) is 23.8 Å². The molecule has 7 nitrogen and oxygen atoms in total. The van der Waals surface area contributed by atoms with Crippen LogP contribution in [0.5, 0.6) is 0 Å². The van der Waals surface area contributed by atoms with Crippen LogP contribution in [0.2, 0.25) is 5.02 Å². The summed E-state index contributed by atoms with van der Waals surface area (Å²) in [6.07, 6.45) is 1.49. The fourth-order valence-corrected chi connectivity index (χ4v) is 3.34. The summed E-state index contributed by atoms with van der Waals surface area (Å²) in [6, 6.07) is 7.70. The molecular formula is C15H17ClN4O3S. The van der Waals surface area contributed by atoms with E-state index in [-0.39, 0.29) is 27.5 Å². The number of aromatic nitrogens is 1. The van der Waals surface area contributed by atoms with Crippen LogP contribution >= 0.6 is 11.6 Å². The smallest absolute Gasteiger partial charge is 0.252 e. The lowest BCUT2D eigenvalue weighted by molar-refractivity contribution is 0.0997. The lowest BCUT2D eigenvalue weighted by atomic mass is 10.2. The van der Waals surface area contributed by atoms with Gasteiger partial charge in [-0.15, -0.1) is 0 Å². The summed E-state index contributed by atoms with van der Waals surface area (Å²) in [5.41, 5.74) is 5.80. The third-order valence-corrected chi connectivity index (χ3v) is 5.42. The monoisotopic (exact) mass is 368 g/mol. The molecule has 0 fully saturated rings. The average molecular weight is 369 g/mol. The number of rotatable bonds is 5. The zero-order valence-electron chi connectivity index (χ0n) is 13.2. The van der Waals surface area contributed by atoms with Crippen molar-refractivity contribution in [3.05, 3.63) is 58.2 Å². The predicted octanol–water partition coefficient (Wildman–Crippen LogP) is 1.02. The molecule has 128 valence electrons. The first-order chi connectivity index (χ1) is 11.1. The number of hydrogen-bond donors (Lipinski definition) is 2. The van der Waals surface area contributed by atoms with Crippen LogP contribution in [-0.4, -0.2) is 37.3 Å². The van der Waals surface area contributed by atoms with Crippen molar-refractivity contribution in [1.82, 2.24) is 8.87 Å². The second-order valence-corrected chi connectivity index (χ2v) is 7.94. The second kappa shape index (κ2) is 6.76. The molecule has 0 aliphatic carbocycles. The summed E-state index contributed by atoms with van der Waals surface area (Å²) in [5, 5.41) is 8.31. The Morgan fingerprint density at radius 3 is 2.58 bits per heavy atom. The summed E-state index contributed by atoms with van der Waals surface area (Å²) >= 11 is 5.96. The minimum absolute atomic E-state index is 0.000400. The maximum Gasteiger partial charge on any atom is 0.252 e. The highest BCUT2D eigenvalue weighted by molar-refractivity contribution is 7.89. The van der Waals surface area contributed by atoms with Crippen molar-refractivity contribution in [2.75, 3.05) is 14.1 Å². The van der Waals surface area contributed by atoms with Gasteiger partial charge in [-0.2, -0.15) is 0 Å². The molecule has 2 rings (SSSR count). The maximum atomic E-state index is 12.2. The van der Waals surface area contributed by atoms with Gasteiger partial charge in [0.25, 0.3) is 5.91 Å². The molecular weight excluding hydrogens is 352 g/mol. The van der Waals surface area contributed by atoms with Gasteiger partial charge in [-0.1, -0.05) is 23.7 Å². The van der Waals surface area contributed by atoms with Crippen LogP contribution in [0.3, 0.4) is 0 Å². The van der Waals surface area contributed by atoms with Gasteiger partial charge in [-0.3, -0.25) is 10.2 Å². The number of hydrogen-bond acceptors (Lipinski definition) is 4. The number of carbonyl (C=O) groups excluding carboxylic acids is 1. The molecule has 0 atom stereocenters. The molecule has 0 radical (unpaired) electrons. The Morgan fingerprint density at radius 1 is 1.33 bits per heavy atom. The Labute approximate surface area is 144 Å². The van der Waals surface area contributed by atoms with Gasteiger partial charge in [0.2, 0.25) is 10.0 Å². The highest BCUT2D eigenvalue weighted by Crippen LogP contribution is 2.16. The van der Waals surface area contributed by atoms with Gasteiger partial charge in [0.1, 0.15) is 5.49 Å². The molecule has 3 N–H and O–H groups in total. The highest BCUT2D eigenvalue weighted by atomic mass is 35.5. The molecule has 0 bridgehead atoms. The number of nitrogens with one attached hydrogen (secondary N) is 1. The molecule has 1 heterocycles. The van der Waals surface area contributed by atoms with Crippen molar-refractivity contribution in [1.29, 1.82) is 5.41 Å². The second-order valence-electron chi connectivity index (χ2n) is 5.35. The standard InChI is InChI=1S/C15H17ClN4O3S/c1-19(2)24(22,23)12-5-3-4-10(6-12)8-20-9-11(16)7-13(14(20)17)15(18)21/h3-7,9,17H,8H2,1-2H3,(H2,18,21). The minimum Gasteiger partial charge on any atom is -0.365 e. The average Bonchev–Trinajstić information content (AvgIpc) is 2.50. The third kappa shape index (κ3) is 3.66. The number of sulfonamides is 1. The molecule has 0 spiro atoms. The number of nitrogens with zero attached hydrogens (tertiary/aromatic N) is 2. The summed E-state index contributed by atoms with van der Waals surface area (Å²) in [6.45, 7) is 0.177. The lowest BCUT2D eigenvalue weighted by Crippen LogP contribution is -2.29. The van der Waals surface area contributed by atoms with Crippen molar-refractivity contribution >= 4 is 27.5 Å². The van der Waals surface area contributed by atoms with Crippen LogP contribution in [0, 0.1) is 5.41 Å². The molecule has 1 aromatic heterocycles. The fourth-order valence-electron chi connectivity index (χ4n) is 2.14. The number of amides is 1. The Balaban J connectivity index is 2.47. The van der Waals surface area contributed by atoms with E-state index in [1.54, 1.807) is 12.1 Å². The van der Waals surface area contributed by atoms with Gasteiger partial charge in [0.05, 0.1) is 15.5 Å². The van der Waals surface area contributed by atoms with E-state index in [2.05, 4.69) is 0 Å². The molecule has 0 aliphatic heterocycles. The van der Waals surface area contributed by atoms with Gasteiger partial charge >= 0.3 is 0 Å². The number of carbonyl (C=O) groups is 1. The van der Waals surface area contributed by atoms with Crippen LogP contribution < -0.4 is 11.2 Å². The van der Waals surface area contributed by atoms with Crippen LogP contribution in [0.15, 0.2) is 41.4 Å².